The summed E-state index contributed by atoms with van der Waals surface area (Å²) in [7, 11) is 0. The number of amides is 1. The molecule has 3 heterocycles. The molecule has 2 aliphatic heterocycles. The van der Waals surface area contributed by atoms with Crippen molar-refractivity contribution in [3.05, 3.63) is 65.4 Å². The van der Waals surface area contributed by atoms with Gasteiger partial charge in [0.05, 0.1) is 11.3 Å². The van der Waals surface area contributed by atoms with Gasteiger partial charge in [0.2, 0.25) is 0 Å². The molecule has 9 heteroatoms. The van der Waals surface area contributed by atoms with Gasteiger partial charge in [-0.15, -0.1) is 0 Å². The summed E-state index contributed by atoms with van der Waals surface area (Å²) in [5.74, 6) is -1.57. The van der Waals surface area contributed by atoms with Gasteiger partial charge in [-0.25, -0.2) is 17.9 Å². The molecule has 0 N–H and O–H groups in total. The van der Waals surface area contributed by atoms with Crippen molar-refractivity contribution in [3.8, 4) is 23.0 Å². The molecule has 0 radical (unpaired) electrons. The Morgan fingerprint density at radius 3 is 2.46 bits per heavy atom. The van der Waals surface area contributed by atoms with Gasteiger partial charge >= 0.3 is 0 Å². The zero-order valence-corrected chi connectivity index (χ0v) is 19.1. The summed E-state index contributed by atoms with van der Waals surface area (Å²) < 4.78 is 44.7. The van der Waals surface area contributed by atoms with Crippen LogP contribution in [0.3, 0.4) is 0 Å². The van der Waals surface area contributed by atoms with Crippen molar-refractivity contribution >= 4 is 11.6 Å². The summed E-state index contributed by atoms with van der Waals surface area (Å²) in [5.41, 5.74) is 1.35. The molecule has 0 bridgehead atoms. The highest BCUT2D eigenvalue weighted by molar-refractivity contribution is 5.93. The first-order chi connectivity index (χ1) is 16.9. The summed E-state index contributed by atoms with van der Waals surface area (Å²) in [5, 5.41) is 13.5. The molecule has 2 saturated heterocycles. The summed E-state index contributed by atoms with van der Waals surface area (Å²) in [4.78, 5) is 16.6. The van der Waals surface area contributed by atoms with Crippen molar-refractivity contribution in [1.29, 1.82) is 5.26 Å². The molecule has 0 aliphatic carbocycles. The van der Waals surface area contributed by atoms with Crippen LogP contribution in [0, 0.1) is 23.0 Å². The molecule has 0 spiro atoms. The Kier molecular flexibility index (Phi) is 6.20. The average molecular weight is 480 g/mol. The fourth-order valence-corrected chi connectivity index (χ4v) is 4.72. The second-order valence-electron chi connectivity index (χ2n) is 8.95. The van der Waals surface area contributed by atoms with E-state index in [9.17, 15) is 13.6 Å². The highest BCUT2D eigenvalue weighted by Gasteiger charge is 2.26. The molecule has 1 amide bonds. The van der Waals surface area contributed by atoms with Gasteiger partial charge in [-0.2, -0.15) is 10.4 Å². The number of anilines is 1. The topological polar surface area (TPSA) is 65.2 Å². The number of hydrogen-bond acceptors (Lipinski definition) is 4. The van der Waals surface area contributed by atoms with Crippen molar-refractivity contribution in [2.75, 3.05) is 31.1 Å². The Bertz CT molecular complexity index is 1310. The van der Waals surface area contributed by atoms with Gasteiger partial charge in [-0.05, 0) is 62.1 Å². The highest BCUT2D eigenvalue weighted by atomic mass is 19.1. The molecule has 2 aromatic carbocycles. The Hall–Kier alpha value is -3.80. The summed E-state index contributed by atoms with van der Waals surface area (Å²) in [6, 6.07) is 11.9. The Morgan fingerprint density at radius 2 is 1.80 bits per heavy atom. The zero-order chi connectivity index (χ0) is 24.5. The Labute approximate surface area is 201 Å². The number of carbonyl (C=O) groups excluding carboxylic acids is 1. The van der Waals surface area contributed by atoms with E-state index in [-0.39, 0.29) is 29.4 Å². The first kappa shape index (κ1) is 23.0. The molecule has 5 rings (SSSR count). The molecule has 0 unspecified atom stereocenters. The molecule has 1 aromatic heterocycles. The molecule has 2 fully saturated rings. The maximum Gasteiger partial charge on any atom is 0.274 e. The van der Waals surface area contributed by atoms with E-state index >= 15 is 4.39 Å². The van der Waals surface area contributed by atoms with Crippen molar-refractivity contribution in [1.82, 2.24) is 14.7 Å². The summed E-state index contributed by atoms with van der Waals surface area (Å²) in [6.07, 6.45) is 2.34. The lowest BCUT2D eigenvalue weighted by atomic mass is 10.1. The van der Waals surface area contributed by atoms with Gasteiger partial charge in [-0.3, -0.25) is 4.79 Å². The number of nitrogens with zero attached hydrogens (tertiary/aromatic N) is 5. The maximum absolute atomic E-state index is 15.4. The molecular formula is C26H24F3N5O. The number of alkyl halides is 1. The standard InChI is InChI=1S/C26H24F3N5O/c27-19-8-11-33(16-19)20-6-7-24(22(29)13-20)34-25(17-4-5-18(15-30)21(28)12-17)14-23(31-34)26(35)32-9-2-1-3-10-32/h4-7,12-14,19H,1-3,8-11,16H2/t19-/m1/s1. The van der Waals surface area contributed by atoms with E-state index in [2.05, 4.69) is 5.10 Å². The maximum atomic E-state index is 15.4. The fraction of sp³-hybridized carbons (Fsp3) is 0.346. The predicted octanol–water partition coefficient (Wildman–Crippen LogP) is 4.86. The summed E-state index contributed by atoms with van der Waals surface area (Å²) in [6.45, 7) is 1.97. The number of likely N-dealkylation sites (tertiary alicyclic amines) is 1. The van der Waals surface area contributed by atoms with Crippen LogP contribution in [0.5, 0.6) is 0 Å². The van der Waals surface area contributed by atoms with Crippen LogP contribution in [-0.2, 0) is 0 Å². The lowest BCUT2D eigenvalue weighted by Gasteiger charge is -2.25. The number of hydrogen-bond donors (Lipinski definition) is 0. The fourth-order valence-electron chi connectivity index (χ4n) is 4.72. The lowest BCUT2D eigenvalue weighted by Crippen LogP contribution is -2.35. The number of aromatic nitrogens is 2. The Balaban J connectivity index is 1.57. The van der Waals surface area contributed by atoms with Crippen molar-refractivity contribution in [2.45, 2.75) is 31.9 Å². The number of nitriles is 1. The van der Waals surface area contributed by atoms with Gasteiger partial charge in [-0.1, -0.05) is 6.07 Å². The van der Waals surface area contributed by atoms with E-state index in [1.165, 1.54) is 35.0 Å². The number of halogens is 3. The number of carbonyl (C=O) groups is 1. The van der Waals surface area contributed by atoms with Gasteiger partial charge < -0.3 is 9.80 Å². The SMILES string of the molecule is N#Cc1ccc(-c2cc(C(=O)N3CCCCC3)nn2-c2ccc(N3CC[C@@H](F)C3)cc2F)cc1F. The van der Waals surface area contributed by atoms with E-state index in [1.54, 1.807) is 28.0 Å². The van der Waals surface area contributed by atoms with Crippen LogP contribution in [0.15, 0.2) is 42.5 Å². The monoisotopic (exact) mass is 479 g/mol. The minimum Gasteiger partial charge on any atom is -0.368 e. The van der Waals surface area contributed by atoms with Crippen LogP contribution in [0.25, 0.3) is 16.9 Å². The van der Waals surface area contributed by atoms with E-state index in [0.29, 0.717) is 43.0 Å². The second-order valence-corrected chi connectivity index (χ2v) is 8.95. The van der Waals surface area contributed by atoms with Gasteiger partial charge in [0.15, 0.2) is 11.5 Å². The lowest BCUT2D eigenvalue weighted by molar-refractivity contribution is 0.0718. The number of benzene rings is 2. The van der Waals surface area contributed by atoms with Gasteiger partial charge in [0.25, 0.3) is 5.91 Å². The third-order valence-electron chi connectivity index (χ3n) is 6.61. The van der Waals surface area contributed by atoms with Crippen molar-refractivity contribution < 1.29 is 18.0 Å². The minimum atomic E-state index is -0.940. The van der Waals surface area contributed by atoms with Crippen LogP contribution in [0.4, 0.5) is 18.9 Å². The minimum absolute atomic E-state index is 0.0854. The molecule has 6 nitrogen and oxygen atoms in total. The van der Waals surface area contributed by atoms with Crippen molar-refractivity contribution in [2.24, 2.45) is 0 Å². The van der Waals surface area contributed by atoms with Gasteiger partial charge in [0, 0.05) is 37.4 Å². The molecule has 35 heavy (non-hydrogen) atoms. The van der Waals surface area contributed by atoms with E-state index < -0.39 is 17.8 Å². The van der Waals surface area contributed by atoms with Crippen molar-refractivity contribution in [3.63, 3.8) is 0 Å². The third-order valence-corrected chi connectivity index (χ3v) is 6.61. The number of rotatable bonds is 4. The first-order valence-electron chi connectivity index (χ1n) is 11.7. The van der Waals surface area contributed by atoms with Gasteiger partial charge in [0.1, 0.15) is 23.7 Å². The smallest absolute Gasteiger partial charge is 0.274 e. The van der Waals surface area contributed by atoms with E-state index in [0.717, 1.165) is 19.3 Å². The quantitative estimate of drug-likeness (QED) is 0.536. The Morgan fingerprint density at radius 1 is 1.00 bits per heavy atom. The largest absolute Gasteiger partial charge is 0.368 e. The van der Waals surface area contributed by atoms with Crippen LogP contribution in [0.1, 0.15) is 41.7 Å². The molecule has 180 valence electrons. The highest BCUT2D eigenvalue weighted by Crippen LogP contribution is 2.30. The summed E-state index contributed by atoms with van der Waals surface area (Å²) >= 11 is 0. The molecule has 0 saturated carbocycles. The predicted molar refractivity (Wildman–Crippen MR) is 125 cm³/mol. The van der Waals surface area contributed by atoms with E-state index in [1.807, 2.05) is 0 Å². The first-order valence-corrected chi connectivity index (χ1v) is 11.7. The number of piperidine rings is 1. The molecular weight excluding hydrogens is 455 g/mol. The molecule has 1 atom stereocenters. The normalized spacial score (nSPS) is 18.1. The molecule has 3 aromatic rings. The zero-order valence-electron chi connectivity index (χ0n) is 19.1. The average Bonchev–Trinajstić information content (AvgIpc) is 3.51. The van der Waals surface area contributed by atoms with E-state index in [4.69, 9.17) is 5.26 Å². The second kappa shape index (κ2) is 9.45. The molecule has 2 aliphatic rings. The van der Waals surface area contributed by atoms with Crippen LogP contribution in [0.2, 0.25) is 0 Å². The van der Waals surface area contributed by atoms with Crippen LogP contribution in [-0.4, -0.2) is 52.9 Å². The van der Waals surface area contributed by atoms with Crippen LogP contribution >= 0.6 is 0 Å². The third kappa shape index (κ3) is 4.48. The van der Waals surface area contributed by atoms with Crippen LogP contribution < -0.4 is 4.90 Å².